The van der Waals surface area contributed by atoms with E-state index in [0.717, 1.165) is 0 Å². The molecule has 1 fully saturated rings. The molecular formula is C14H25NO5. The van der Waals surface area contributed by atoms with Crippen molar-refractivity contribution in [2.24, 2.45) is 5.41 Å². The largest absolute Gasteiger partial charge is 0.479 e. The molecule has 6 nitrogen and oxygen atoms in total. The Bertz CT molecular complexity index is 399. The maximum absolute atomic E-state index is 11.9. The molecule has 0 bridgehead atoms. The molecule has 1 aliphatic carbocycles. The zero-order valence-corrected chi connectivity index (χ0v) is 13.1. The van der Waals surface area contributed by atoms with Gasteiger partial charge in [-0.15, -0.1) is 0 Å². The number of ether oxygens (including phenoxy) is 2. The van der Waals surface area contributed by atoms with Crippen molar-refractivity contribution < 1.29 is 24.2 Å². The summed E-state index contributed by atoms with van der Waals surface area (Å²) in [5.74, 6) is -1.07. The van der Waals surface area contributed by atoms with Crippen molar-refractivity contribution >= 4 is 12.1 Å². The lowest BCUT2D eigenvalue weighted by atomic mass is 9.54. The molecule has 0 aromatic heterocycles. The van der Waals surface area contributed by atoms with Crippen LogP contribution in [0.2, 0.25) is 0 Å². The maximum atomic E-state index is 11.9. The molecule has 116 valence electrons. The minimum absolute atomic E-state index is 0.196. The van der Waals surface area contributed by atoms with Crippen molar-refractivity contribution in [2.45, 2.75) is 65.2 Å². The van der Waals surface area contributed by atoms with Crippen molar-refractivity contribution in [3.8, 4) is 0 Å². The predicted octanol–water partition coefficient (Wildman–Crippen LogP) is 2.17. The molecule has 2 unspecified atom stereocenters. The number of carboxylic acid groups (broad SMARTS) is 1. The molecular weight excluding hydrogens is 262 g/mol. The lowest BCUT2D eigenvalue weighted by Gasteiger charge is -2.58. The Morgan fingerprint density at radius 1 is 1.35 bits per heavy atom. The van der Waals surface area contributed by atoms with Gasteiger partial charge in [-0.3, -0.25) is 0 Å². The second-order valence-electron chi connectivity index (χ2n) is 6.71. The number of amides is 1. The van der Waals surface area contributed by atoms with Crippen LogP contribution < -0.4 is 5.32 Å². The van der Waals surface area contributed by atoms with Crippen molar-refractivity contribution in [1.29, 1.82) is 0 Å². The third kappa shape index (κ3) is 2.90. The highest BCUT2D eigenvalue weighted by Crippen LogP contribution is 2.51. The van der Waals surface area contributed by atoms with Crippen LogP contribution in [0.5, 0.6) is 0 Å². The molecule has 2 atom stereocenters. The fourth-order valence-electron chi connectivity index (χ4n) is 2.51. The topological polar surface area (TPSA) is 84.9 Å². The summed E-state index contributed by atoms with van der Waals surface area (Å²) in [4.78, 5) is 23.5. The van der Waals surface area contributed by atoms with E-state index in [4.69, 9.17) is 9.47 Å². The molecule has 1 rings (SSSR count). The van der Waals surface area contributed by atoms with Crippen LogP contribution in [-0.4, -0.2) is 41.0 Å². The van der Waals surface area contributed by atoms with Crippen LogP contribution in [0.1, 0.15) is 48.0 Å². The third-order valence-corrected chi connectivity index (χ3v) is 3.84. The number of nitrogens with one attached hydrogen (secondary N) is 1. The van der Waals surface area contributed by atoms with Gasteiger partial charge in [-0.2, -0.15) is 0 Å². The zero-order valence-electron chi connectivity index (χ0n) is 13.1. The number of hydrogen-bond donors (Lipinski definition) is 2. The highest BCUT2D eigenvalue weighted by Gasteiger charge is 2.66. The number of carbonyl (C=O) groups is 2. The van der Waals surface area contributed by atoms with Gasteiger partial charge in [0.1, 0.15) is 5.60 Å². The lowest BCUT2D eigenvalue weighted by molar-refractivity contribution is -0.191. The Morgan fingerprint density at radius 3 is 2.25 bits per heavy atom. The molecule has 6 heteroatoms. The van der Waals surface area contributed by atoms with E-state index < -0.39 is 28.6 Å². The van der Waals surface area contributed by atoms with Crippen LogP contribution >= 0.6 is 0 Å². The Balaban J connectivity index is 2.87. The van der Waals surface area contributed by atoms with Crippen LogP contribution in [0.4, 0.5) is 4.79 Å². The normalized spacial score (nSPS) is 28.4. The number of rotatable bonds is 4. The molecule has 1 aliphatic rings. The first-order valence-electron chi connectivity index (χ1n) is 6.82. The summed E-state index contributed by atoms with van der Waals surface area (Å²) in [5.41, 5.74) is -2.72. The van der Waals surface area contributed by atoms with Gasteiger partial charge in [0, 0.05) is 18.4 Å². The van der Waals surface area contributed by atoms with Gasteiger partial charge >= 0.3 is 12.1 Å². The highest BCUT2D eigenvalue weighted by molar-refractivity contribution is 5.87. The molecule has 0 saturated heterocycles. The van der Waals surface area contributed by atoms with Crippen LogP contribution in [0.3, 0.4) is 0 Å². The first kappa shape index (κ1) is 16.8. The first-order chi connectivity index (χ1) is 8.96. The predicted molar refractivity (Wildman–Crippen MR) is 73.5 cm³/mol. The first-order valence-corrected chi connectivity index (χ1v) is 6.82. The summed E-state index contributed by atoms with van der Waals surface area (Å²) in [6.45, 7) is 11.1. The van der Waals surface area contributed by atoms with Gasteiger partial charge in [0.2, 0.25) is 0 Å². The van der Waals surface area contributed by atoms with Gasteiger partial charge in [0.05, 0.1) is 6.10 Å². The van der Waals surface area contributed by atoms with E-state index in [1.165, 1.54) is 0 Å². The Labute approximate surface area is 119 Å². The molecule has 0 heterocycles. The zero-order chi connectivity index (χ0) is 15.8. The van der Waals surface area contributed by atoms with Crippen molar-refractivity contribution in [1.82, 2.24) is 5.32 Å². The Kier molecular flexibility index (Phi) is 4.39. The van der Waals surface area contributed by atoms with Gasteiger partial charge in [-0.05, 0) is 27.7 Å². The molecule has 0 radical (unpaired) electrons. The van der Waals surface area contributed by atoms with Gasteiger partial charge in [0.15, 0.2) is 5.54 Å². The fraction of sp³-hybridized carbons (Fsp3) is 0.857. The van der Waals surface area contributed by atoms with E-state index in [1.54, 1.807) is 34.6 Å². The van der Waals surface area contributed by atoms with Crippen LogP contribution in [0, 0.1) is 5.41 Å². The number of aliphatic carboxylic acids is 1. The smallest absolute Gasteiger partial charge is 0.408 e. The van der Waals surface area contributed by atoms with Gasteiger partial charge in [0.25, 0.3) is 0 Å². The minimum atomic E-state index is -1.35. The van der Waals surface area contributed by atoms with Crippen molar-refractivity contribution in [2.75, 3.05) is 6.61 Å². The quantitative estimate of drug-likeness (QED) is 0.827. The van der Waals surface area contributed by atoms with E-state index in [0.29, 0.717) is 6.61 Å². The highest BCUT2D eigenvalue weighted by atomic mass is 16.6. The summed E-state index contributed by atoms with van der Waals surface area (Å²) in [7, 11) is 0. The summed E-state index contributed by atoms with van der Waals surface area (Å²) < 4.78 is 10.7. The molecule has 0 aliphatic heterocycles. The molecule has 1 saturated carbocycles. The average Bonchev–Trinajstić information content (AvgIpc) is 2.24. The SMILES string of the molecule is CCOC1CC(NC(=O)OC(C)(C)C)(C(=O)O)C1(C)C. The van der Waals surface area contributed by atoms with Crippen LogP contribution in [0.15, 0.2) is 0 Å². The van der Waals surface area contributed by atoms with Gasteiger partial charge in [-0.1, -0.05) is 13.8 Å². The van der Waals surface area contributed by atoms with E-state index in [2.05, 4.69) is 5.32 Å². The second-order valence-corrected chi connectivity index (χ2v) is 6.71. The molecule has 20 heavy (non-hydrogen) atoms. The van der Waals surface area contributed by atoms with Crippen LogP contribution in [0.25, 0.3) is 0 Å². The summed E-state index contributed by atoms with van der Waals surface area (Å²) in [6.07, 6.45) is -0.677. The van der Waals surface area contributed by atoms with E-state index in [9.17, 15) is 14.7 Å². The average molecular weight is 287 g/mol. The number of alkyl carbamates (subject to hydrolysis) is 1. The van der Waals surface area contributed by atoms with Crippen LogP contribution in [-0.2, 0) is 14.3 Å². The molecule has 1 amide bonds. The minimum Gasteiger partial charge on any atom is -0.479 e. The molecule has 2 N–H and O–H groups in total. The van der Waals surface area contributed by atoms with Crippen molar-refractivity contribution in [3.63, 3.8) is 0 Å². The number of carboxylic acids is 1. The Hall–Kier alpha value is -1.30. The van der Waals surface area contributed by atoms with Crippen molar-refractivity contribution in [3.05, 3.63) is 0 Å². The third-order valence-electron chi connectivity index (χ3n) is 3.84. The van der Waals surface area contributed by atoms with Gasteiger partial charge < -0.3 is 19.9 Å². The standard InChI is InChI=1S/C14H25NO5/c1-7-19-9-8-14(10(16)17,13(9,5)6)15-11(18)20-12(2,3)4/h9H,7-8H2,1-6H3,(H,15,18)(H,16,17). The molecule has 0 aromatic carbocycles. The van der Waals surface area contributed by atoms with E-state index in [1.807, 2.05) is 6.92 Å². The lowest BCUT2D eigenvalue weighted by Crippen LogP contribution is -2.76. The number of carbonyl (C=O) groups excluding carboxylic acids is 1. The second kappa shape index (κ2) is 5.24. The monoisotopic (exact) mass is 287 g/mol. The summed E-state index contributed by atoms with van der Waals surface area (Å²) in [6, 6.07) is 0. The maximum Gasteiger partial charge on any atom is 0.408 e. The summed E-state index contributed by atoms with van der Waals surface area (Å²) in [5, 5.41) is 12.1. The van der Waals surface area contributed by atoms with Gasteiger partial charge in [-0.25, -0.2) is 9.59 Å². The molecule has 0 aromatic rings. The van der Waals surface area contributed by atoms with E-state index in [-0.39, 0.29) is 12.5 Å². The Morgan fingerprint density at radius 2 is 1.90 bits per heavy atom. The van der Waals surface area contributed by atoms with E-state index >= 15 is 0 Å². The number of hydrogen-bond acceptors (Lipinski definition) is 4. The molecule has 0 spiro atoms. The fourth-order valence-corrected chi connectivity index (χ4v) is 2.51. The summed E-state index contributed by atoms with van der Waals surface area (Å²) >= 11 is 0.